The summed E-state index contributed by atoms with van der Waals surface area (Å²) in [6.07, 6.45) is 5.55. The number of hydrogen-bond acceptors (Lipinski definition) is 7. The van der Waals surface area contributed by atoms with Crippen molar-refractivity contribution in [3.05, 3.63) is 60.1 Å². The Labute approximate surface area is 159 Å². The van der Waals surface area contributed by atoms with E-state index in [1.54, 1.807) is 35.4 Å². The summed E-state index contributed by atoms with van der Waals surface area (Å²) in [4.78, 5) is 17.5. The number of nitrogen functional groups attached to an aromatic ring is 2. The first kappa shape index (κ1) is 16.4. The standard InChI is InChI=1S/C19H16FN7O/c20-12-3-1-2-11-10(5-7-28-17(11)12)16-15(21)18(22)26-19(25-16)27-9-24-13-4-6-23-8-14(13)27/h1-4,6,8-10H,5,7,21H2,(H2,22,25,26). The highest BCUT2D eigenvalue weighted by Crippen LogP contribution is 2.41. The smallest absolute Gasteiger partial charge is 0.237 e. The van der Waals surface area contributed by atoms with Crippen molar-refractivity contribution >= 4 is 22.5 Å². The number of fused-ring (bicyclic) bond motifs is 2. The van der Waals surface area contributed by atoms with Gasteiger partial charge in [-0.15, -0.1) is 0 Å². The molecule has 0 bridgehead atoms. The maximum atomic E-state index is 14.2. The summed E-state index contributed by atoms with van der Waals surface area (Å²) < 4.78 is 21.4. The van der Waals surface area contributed by atoms with Crippen molar-refractivity contribution < 1.29 is 9.13 Å². The summed E-state index contributed by atoms with van der Waals surface area (Å²) in [5.41, 5.74) is 15.3. The number of rotatable bonds is 2. The minimum absolute atomic E-state index is 0.162. The van der Waals surface area contributed by atoms with Crippen LogP contribution < -0.4 is 16.2 Å². The molecule has 1 unspecified atom stereocenters. The molecular weight excluding hydrogens is 361 g/mol. The second-order valence-electron chi connectivity index (χ2n) is 6.53. The number of nitrogens with zero attached hydrogens (tertiary/aromatic N) is 5. The molecule has 0 saturated heterocycles. The van der Waals surface area contributed by atoms with Crippen LogP contribution in [0.3, 0.4) is 0 Å². The Morgan fingerprint density at radius 1 is 1.18 bits per heavy atom. The van der Waals surface area contributed by atoms with E-state index in [2.05, 4.69) is 19.9 Å². The number of anilines is 2. The first-order valence-corrected chi connectivity index (χ1v) is 8.75. The Morgan fingerprint density at radius 2 is 2.07 bits per heavy atom. The normalized spacial score (nSPS) is 16.0. The molecule has 28 heavy (non-hydrogen) atoms. The Balaban J connectivity index is 1.69. The van der Waals surface area contributed by atoms with Gasteiger partial charge in [-0.25, -0.2) is 14.4 Å². The van der Waals surface area contributed by atoms with Crippen molar-refractivity contribution in [2.45, 2.75) is 12.3 Å². The lowest BCUT2D eigenvalue weighted by Crippen LogP contribution is -2.20. The third kappa shape index (κ3) is 2.43. The lowest BCUT2D eigenvalue weighted by molar-refractivity contribution is 0.262. The SMILES string of the molecule is Nc1nc(-n2cnc3ccncc32)nc(C2CCOc3c(F)cccc32)c1N. The largest absolute Gasteiger partial charge is 0.490 e. The summed E-state index contributed by atoms with van der Waals surface area (Å²) in [6.45, 7) is 0.356. The molecule has 4 aromatic rings. The van der Waals surface area contributed by atoms with Crippen LogP contribution in [0.15, 0.2) is 43.0 Å². The van der Waals surface area contributed by atoms with Gasteiger partial charge in [0.2, 0.25) is 5.95 Å². The van der Waals surface area contributed by atoms with E-state index in [-0.39, 0.29) is 23.2 Å². The first-order chi connectivity index (χ1) is 13.6. The van der Waals surface area contributed by atoms with Crippen LogP contribution in [-0.2, 0) is 0 Å². The number of nitrogens with two attached hydrogens (primary N) is 2. The average molecular weight is 377 g/mol. The molecule has 5 rings (SSSR count). The number of pyridine rings is 1. The number of aromatic nitrogens is 5. The molecule has 140 valence electrons. The van der Waals surface area contributed by atoms with E-state index in [0.717, 1.165) is 11.0 Å². The Kier molecular flexibility index (Phi) is 3.61. The van der Waals surface area contributed by atoms with E-state index in [1.807, 2.05) is 6.07 Å². The van der Waals surface area contributed by atoms with E-state index < -0.39 is 5.82 Å². The predicted molar refractivity (Wildman–Crippen MR) is 102 cm³/mol. The molecule has 0 radical (unpaired) electrons. The van der Waals surface area contributed by atoms with Crippen LogP contribution in [0.1, 0.15) is 23.6 Å². The van der Waals surface area contributed by atoms with Crippen LogP contribution in [0.5, 0.6) is 5.75 Å². The van der Waals surface area contributed by atoms with E-state index >= 15 is 0 Å². The van der Waals surface area contributed by atoms with Crippen molar-refractivity contribution in [3.8, 4) is 11.7 Å². The third-order valence-electron chi connectivity index (χ3n) is 4.91. The zero-order valence-electron chi connectivity index (χ0n) is 14.7. The molecule has 8 nitrogen and oxygen atoms in total. The van der Waals surface area contributed by atoms with Crippen molar-refractivity contribution in [1.82, 2.24) is 24.5 Å². The molecule has 1 aliphatic rings. The highest BCUT2D eigenvalue weighted by molar-refractivity contribution is 5.75. The first-order valence-electron chi connectivity index (χ1n) is 8.75. The monoisotopic (exact) mass is 377 g/mol. The van der Waals surface area contributed by atoms with Gasteiger partial charge in [0.05, 0.1) is 35.2 Å². The lowest BCUT2D eigenvalue weighted by atomic mass is 9.89. The van der Waals surface area contributed by atoms with Crippen LogP contribution >= 0.6 is 0 Å². The van der Waals surface area contributed by atoms with Crippen LogP contribution in [-0.4, -0.2) is 31.1 Å². The molecule has 9 heteroatoms. The molecule has 4 heterocycles. The fraction of sp³-hybridized carbons (Fsp3) is 0.158. The minimum Gasteiger partial charge on any atom is -0.490 e. The van der Waals surface area contributed by atoms with Crippen LogP contribution in [0.2, 0.25) is 0 Å². The van der Waals surface area contributed by atoms with Gasteiger partial charge in [0, 0.05) is 17.7 Å². The lowest BCUT2D eigenvalue weighted by Gasteiger charge is -2.27. The van der Waals surface area contributed by atoms with Crippen molar-refractivity contribution in [3.63, 3.8) is 0 Å². The fourth-order valence-electron chi connectivity index (χ4n) is 3.55. The van der Waals surface area contributed by atoms with Crippen molar-refractivity contribution in [1.29, 1.82) is 0 Å². The summed E-state index contributed by atoms with van der Waals surface area (Å²) >= 11 is 0. The average Bonchev–Trinajstić information content (AvgIpc) is 3.14. The van der Waals surface area contributed by atoms with Gasteiger partial charge < -0.3 is 16.2 Å². The quantitative estimate of drug-likeness (QED) is 0.551. The Morgan fingerprint density at radius 3 is 2.96 bits per heavy atom. The summed E-state index contributed by atoms with van der Waals surface area (Å²) in [5.74, 6) is 0.0668. The summed E-state index contributed by atoms with van der Waals surface area (Å²) in [7, 11) is 0. The van der Waals surface area contributed by atoms with Crippen LogP contribution in [0.4, 0.5) is 15.9 Å². The second-order valence-corrected chi connectivity index (χ2v) is 6.53. The zero-order chi connectivity index (χ0) is 19.3. The Hall–Kier alpha value is -3.75. The molecule has 4 N–H and O–H groups in total. The van der Waals surface area contributed by atoms with Gasteiger partial charge in [0.1, 0.15) is 6.33 Å². The minimum atomic E-state index is -0.408. The second kappa shape index (κ2) is 6.15. The van der Waals surface area contributed by atoms with Crippen LogP contribution in [0, 0.1) is 5.82 Å². The van der Waals surface area contributed by atoms with E-state index in [9.17, 15) is 4.39 Å². The van der Waals surface area contributed by atoms with E-state index in [0.29, 0.717) is 30.2 Å². The number of para-hydroxylation sites is 1. The molecule has 0 saturated carbocycles. The summed E-state index contributed by atoms with van der Waals surface area (Å²) in [6, 6.07) is 6.63. The van der Waals surface area contributed by atoms with E-state index in [4.69, 9.17) is 16.2 Å². The van der Waals surface area contributed by atoms with Gasteiger partial charge in [0.15, 0.2) is 17.4 Å². The highest BCUT2D eigenvalue weighted by Gasteiger charge is 2.29. The number of benzene rings is 1. The van der Waals surface area contributed by atoms with Gasteiger partial charge in [0.25, 0.3) is 0 Å². The third-order valence-corrected chi connectivity index (χ3v) is 4.91. The maximum absolute atomic E-state index is 14.2. The molecule has 1 aromatic carbocycles. The number of imidazole rings is 1. The number of hydrogen-bond donors (Lipinski definition) is 2. The Bertz CT molecular complexity index is 1210. The summed E-state index contributed by atoms with van der Waals surface area (Å²) in [5, 5.41) is 0. The zero-order valence-corrected chi connectivity index (χ0v) is 14.7. The number of ether oxygens (including phenoxy) is 1. The topological polar surface area (TPSA) is 118 Å². The van der Waals surface area contributed by atoms with E-state index in [1.165, 1.54) is 6.07 Å². The van der Waals surface area contributed by atoms with Gasteiger partial charge in [-0.2, -0.15) is 4.98 Å². The predicted octanol–water partition coefficient (Wildman–Crippen LogP) is 2.43. The van der Waals surface area contributed by atoms with Gasteiger partial charge in [-0.1, -0.05) is 12.1 Å². The van der Waals surface area contributed by atoms with Crippen LogP contribution in [0.25, 0.3) is 17.0 Å². The fourth-order valence-corrected chi connectivity index (χ4v) is 3.55. The van der Waals surface area contributed by atoms with Gasteiger partial charge in [-0.3, -0.25) is 9.55 Å². The van der Waals surface area contributed by atoms with Gasteiger partial charge >= 0.3 is 0 Å². The maximum Gasteiger partial charge on any atom is 0.237 e. The molecular formula is C19H16FN7O. The molecule has 1 aliphatic heterocycles. The molecule has 0 amide bonds. The van der Waals surface area contributed by atoms with Crippen molar-refractivity contribution in [2.75, 3.05) is 18.1 Å². The molecule has 3 aromatic heterocycles. The highest BCUT2D eigenvalue weighted by atomic mass is 19.1. The molecule has 0 fully saturated rings. The molecule has 1 atom stereocenters. The molecule has 0 aliphatic carbocycles. The molecule has 0 spiro atoms. The van der Waals surface area contributed by atoms with Crippen molar-refractivity contribution in [2.24, 2.45) is 0 Å². The van der Waals surface area contributed by atoms with Gasteiger partial charge in [-0.05, 0) is 18.6 Å². The number of halogens is 1.